The van der Waals surface area contributed by atoms with Crippen LogP contribution in [0, 0.1) is 23.7 Å². The Bertz CT molecular complexity index is 1730. The minimum absolute atomic E-state index is 0.0591. The van der Waals surface area contributed by atoms with Gasteiger partial charge in [0.15, 0.2) is 12.6 Å². The first-order valence-corrected chi connectivity index (χ1v) is 22.8. The third-order valence-corrected chi connectivity index (χ3v) is 14.2. The van der Waals surface area contributed by atoms with E-state index in [9.17, 15) is 39.9 Å². The summed E-state index contributed by atoms with van der Waals surface area (Å²) in [4.78, 5) is 41.8. The van der Waals surface area contributed by atoms with Crippen LogP contribution in [0.4, 0.5) is 4.79 Å². The molecule has 1 aromatic heterocycles. The quantitative estimate of drug-likeness (QED) is 0.160. The first-order valence-electron chi connectivity index (χ1n) is 22.8. The van der Waals surface area contributed by atoms with Gasteiger partial charge in [-0.3, -0.25) is 9.59 Å². The standard InChI is InChI=1S/C44H75N5O15/c1-13-31-44(10,57)36(52)24(4)33(50)22(2)17-42(8,56)38(25(5)35(26(6)39(54)62-31)63-32-18-43(9,58-12)37(53)27(7)60-32)64-40-34(51)30(16-23(3)59-40)48(11)15-14-28-20-49(47-46-28)21-29-19-45-41(55)61-29/h20,22-27,29-32,34-38,40,51-53,56-57H,13-19,21H2,1-12H3,(H,45,55)/t22-,23-,24+,25+,26-,27+,29-,30+,31-,32+,34-,35+,36-,37+,38-,40+,42-,43-,44-/m1/s1. The molecule has 4 aliphatic heterocycles. The van der Waals surface area contributed by atoms with Crippen molar-refractivity contribution in [2.75, 3.05) is 27.2 Å². The summed E-state index contributed by atoms with van der Waals surface area (Å²) in [5.41, 5.74) is -4.30. The molecule has 20 heteroatoms. The second kappa shape index (κ2) is 21.0. The number of cyclic esters (lactones) is 2. The number of alkyl carbamates (subject to hydrolysis) is 1. The Labute approximate surface area is 376 Å². The van der Waals surface area contributed by atoms with Gasteiger partial charge in [-0.25, -0.2) is 9.48 Å². The summed E-state index contributed by atoms with van der Waals surface area (Å²) >= 11 is 0. The fourth-order valence-corrected chi connectivity index (χ4v) is 10.1. The zero-order valence-electron chi connectivity index (χ0n) is 39.6. The molecule has 0 saturated carbocycles. The Morgan fingerprint density at radius 2 is 1.64 bits per heavy atom. The highest BCUT2D eigenvalue weighted by molar-refractivity contribution is 5.83. The molecule has 0 aliphatic carbocycles. The minimum atomic E-state index is -2.03. The molecular weight excluding hydrogens is 839 g/mol. The van der Waals surface area contributed by atoms with Gasteiger partial charge >= 0.3 is 12.1 Å². The predicted octanol–water partition coefficient (Wildman–Crippen LogP) is 1.10. The molecule has 366 valence electrons. The third kappa shape index (κ3) is 11.6. The van der Waals surface area contributed by atoms with E-state index in [0.717, 1.165) is 0 Å². The number of nitrogens with one attached hydrogen (secondary N) is 1. The summed E-state index contributed by atoms with van der Waals surface area (Å²) in [6, 6.07) is -0.482. The zero-order valence-corrected chi connectivity index (χ0v) is 39.6. The maximum atomic E-state index is 14.3. The SMILES string of the molecule is CC[C@H]1OC(=O)[C@H](C)[C@@H](O[C@H]2C[C@@](C)(OC)[C@@H](O)[C@H](C)O2)[C@H](C)[C@@H](O[C@@H]2O[C@H](C)C[C@H](N(C)CCc3cn(C[C@H]4CNC(=O)O4)nn3)[C@H]2O)[C@](C)(O)C[C@@H](C)C(=O)[C@H](C)[C@@H](O)[C@]1(C)O. The Morgan fingerprint density at radius 1 is 0.953 bits per heavy atom. The van der Waals surface area contributed by atoms with Crippen LogP contribution in [-0.4, -0.2) is 181 Å². The third-order valence-electron chi connectivity index (χ3n) is 14.2. The molecule has 4 saturated heterocycles. The molecule has 20 nitrogen and oxygen atoms in total. The van der Waals surface area contributed by atoms with Crippen molar-refractivity contribution in [3.05, 3.63) is 11.9 Å². The van der Waals surface area contributed by atoms with E-state index in [4.69, 9.17) is 33.2 Å². The summed E-state index contributed by atoms with van der Waals surface area (Å²) in [7, 11) is 3.34. The average molecular weight is 914 g/mol. The minimum Gasteiger partial charge on any atom is -0.459 e. The van der Waals surface area contributed by atoms with Crippen LogP contribution in [0.3, 0.4) is 0 Å². The Balaban J connectivity index is 1.46. The van der Waals surface area contributed by atoms with Crippen LogP contribution in [0.2, 0.25) is 0 Å². The number of rotatable bonds is 12. The summed E-state index contributed by atoms with van der Waals surface area (Å²) in [5.74, 6) is -5.26. The van der Waals surface area contributed by atoms with E-state index in [1.807, 2.05) is 18.9 Å². The summed E-state index contributed by atoms with van der Waals surface area (Å²) < 4.78 is 44.5. The lowest BCUT2D eigenvalue weighted by Gasteiger charge is -2.49. The van der Waals surface area contributed by atoms with Crippen molar-refractivity contribution in [3.8, 4) is 0 Å². The number of hydrogen-bond donors (Lipinski definition) is 6. The number of amides is 1. The molecule has 4 fully saturated rings. The number of likely N-dealkylation sites (N-methyl/N-ethyl adjacent to an activating group) is 1. The first kappa shape index (κ1) is 52.1. The Kier molecular flexibility index (Phi) is 17.1. The van der Waals surface area contributed by atoms with E-state index in [0.29, 0.717) is 38.2 Å². The fourth-order valence-electron chi connectivity index (χ4n) is 10.1. The van der Waals surface area contributed by atoms with Crippen molar-refractivity contribution in [1.29, 1.82) is 0 Å². The van der Waals surface area contributed by atoms with Crippen molar-refractivity contribution < 1.29 is 73.1 Å². The molecule has 5 rings (SSSR count). The lowest BCUT2D eigenvalue weighted by molar-refractivity contribution is -0.318. The van der Waals surface area contributed by atoms with Gasteiger partial charge in [-0.05, 0) is 67.9 Å². The van der Waals surface area contributed by atoms with Crippen molar-refractivity contribution in [2.45, 2.75) is 198 Å². The molecule has 4 aliphatic rings. The van der Waals surface area contributed by atoms with Gasteiger partial charge in [0.25, 0.3) is 0 Å². The lowest BCUT2D eigenvalue weighted by atomic mass is 9.74. The molecule has 1 aromatic rings. The maximum absolute atomic E-state index is 14.3. The number of ether oxygens (including phenoxy) is 7. The topological polar surface area (TPSA) is 263 Å². The molecule has 0 unspecified atom stereocenters. The van der Waals surface area contributed by atoms with E-state index < -0.39 is 126 Å². The number of Topliss-reactive ketones (excluding diaryl/α,β-unsaturated/α-hetero) is 1. The van der Waals surface area contributed by atoms with Gasteiger partial charge in [-0.2, -0.15) is 0 Å². The number of carbonyl (C=O) groups is 3. The van der Waals surface area contributed by atoms with E-state index in [1.165, 1.54) is 27.9 Å². The molecule has 64 heavy (non-hydrogen) atoms. The molecular formula is C44H75N5O15. The van der Waals surface area contributed by atoms with Crippen molar-refractivity contribution in [1.82, 2.24) is 25.2 Å². The first-order chi connectivity index (χ1) is 29.8. The number of hydrogen-bond acceptors (Lipinski definition) is 18. The van der Waals surface area contributed by atoms with Gasteiger partial charge in [0.1, 0.15) is 35.8 Å². The van der Waals surface area contributed by atoms with Crippen LogP contribution >= 0.6 is 0 Å². The molecule has 5 heterocycles. The maximum Gasteiger partial charge on any atom is 0.407 e. The highest BCUT2D eigenvalue weighted by atomic mass is 16.7. The van der Waals surface area contributed by atoms with Gasteiger partial charge in [0, 0.05) is 56.5 Å². The normalized spacial score (nSPS) is 44.2. The van der Waals surface area contributed by atoms with Crippen LogP contribution in [0.1, 0.15) is 101 Å². The highest BCUT2D eigenvalue weighted by Crippen LogP contribution is 2.41. The second-order valence-electron chi connectivity index (χ2n) is 19.6. The largest absolute Gasteiger partial charge is 0.459 e. The monoisotopic (exact) mass is 914 g/mol. The van der Waals surface area contributed by atoms with Gasteiger partial charge in [-0.15, -0.1) is 5.10 Å². The van der Waals surface area contributed by atoms with Gasteiger partial charge < -0.3 is 68.9 Å². The molecule has 0 spiro atoms. The Morgan fingerprint density at radius 3 is 2.27 bits per heavy atom. The number of aliphatic hydroxyl groups is 5. The lowest BCUT2D eigenvalue weighted by Crippen LogP contribution is -2.61. The number of nitrogens with zero attached hydrogens (tertiary/aromatic N) is 4. The number of methoxy groups -OCH3 is 1. The summed E-state index contributed by atoms with van der Waals surface area (Å²) in [5, 5.41) is 70.0. The number of aromatic nitrogens is 3. The second-order valence-corrected chi connectivity index (χ2v) is 19.6. The van der Waals surface area contributed by atoms with Gasteiger partial charge in [0.2, 0.25) is 0 Å². The van der Waals surface area contributed by atoms with E-state index in [2.05, 4.69) is 15.6 Å². The van der Waals surface area contributed by atoms with Gasteiger partial charge in [-0.1, -0.05) is 32.9 Å². The van der Waals surface area contributed by atoms with Crippen LogP contribution in [0.5, 0.6) is 0 Å². The van der Waals surface area contributed by atoms with Crippen LogP contribution in [0.25, 0.3) is 0 Å². The molecule has 19 atom stereocenters. The fraction of sp³-hybridized carbons (Fsp3) is 0.886. The van der Waals surface area contributed by atoms with Gasteiger partial charge in [0.05, 0.1) is 66.4 Å². The predicted molar refractivity (Wildman–Crippen MR) is 227 cm³/mol. The van der Waals surface area contributed by atoms with Crippen molar-refractivity contribution in [3.63, 3.8) is 0 Å². The molecule has 0 aromatic carbocycles. The summed E-state index contributed by atoms with van der Waals surface area (Å²) in [6.45, 7) is 17.4. The number of esters is 1. The number of ketones is 1. The van der Waals surface area contributed by atoms with E-state index in [1.54, 1.807) is 52.4 Å². The zero-order chi connectivity index (χ0) is 47.6. The Hall–Kier alpha value is -2.89. The number of aliphatic hydroxyl groups excluding tert-OH is 3. The molecule has 0 bridgehead atoms. The van der Waals surface area contributed by atoms with Crippen molar-refractivity contribution >= 4 is 17.8 Å². The van der Waals surface area contributed by atoms with E-state index >= 15 is 0 Å². The van der Waals surface area contributed by atoms with Crippen LogP contribution in [0.15, 0.2) is 6.20 Å². The van der Waals surface area contributed by atoms with Crippen LogP contribution in [-0.2, 0) is 55.7 Å². The molecule has 6 N–H and O–H groups in total. The van der Waals surface area contributed by atoms with Crippen LogP contribution < -0.4 is 5.32 Å². The average Bonchev–Trinajstić information content (AvgIpc) is 3.88. The van der Waals surface area contributed by atoms with Crippen molar-refractivity contribution in [2.24, 2.45) is 23.7 Å². The molecule has 0 radical (unpaired) electrons. The smallest absolute Gasteiger partial charge is 0.407 e. The summed E-state index contributed by atoms with van der Waals surface area (Å²) in [6.07, 6.45) is -9.17. The molecule has 1 amide bonds. The number of carbonyl (C=O) groups excluding carboxylic acids is 3. The van der Waals surface area contributed by atoms with E-state index in [-0.39, 0.29) is 25.4 Å². The highest BCUT2D eigenvalue weighted by Gasteiger charge is 2.53.